The molecule has 0 bridgehead atoms. The number of halogens is 1. The highest BCUT2D eigenvalue weighted by molar-refractivity contribution is 5.97. The molecule has 0 aliphatic heterocycles. The molecule has 5 rings (SSSR count). The fraction of sp³-hybridized carbons (Fsp3) is 0.267. The summed E-state index contributed by atoms with van der Waals surface area (Å²) in [5.74, 6) is 0.0774. The molecular formula is C30H30FN3O3. The number of para-hydroxylation sites is 1. The number of rotatable bonds is 10. The van der Waals surface area contributed by atoms with Gasteiger partial charge in [-0.2, -0.15) is 0 Å². The van der Waals surface area contributed by atoms with E-state index in [1.54, 1.807) is 53.3 Å². The highest BCUT2D eigenvalue weighted by atomic mass is 19.1. The number of H-pyrrole nitrogens is 1. The molecule has 2 amide bonds. The molecule has 7 heteroatoms. The van der Waals surface area contributed by atoms with Crippen molar-refractivity contribution >= 4 is 22.7 Å². The number of hydrogen-bond donors (Lipinski definition) is 1. The van der Waals surface area contributed by atoms with E-state index in [2.05, 4.69) is 11.1 Å². The lowest BCUT2D eigenvalue weighted by Gasteiger charge is -2.28. The van der Waals surface area contributed by atoms with Crippen molar-refractivity contribution in [2.24, 2.45) is 0 Å². The summed E-state index contributed by atoms with van der Waals surface area (Å²) in [6.07, 6.45) is 4.42. The molecule has 0 spiro atoms. The Morgan fingerprint density at radius 2 is 1.73 bits per heavy atom. The predicted molar refractivity (Wildman–Crippen MR) is 141 cm³/mol. The standard InChI is InChI=1S/C30H30FN3O3/c1-37-26-14-8-22(9-15-26)30(36)34(25-12-13-25)20-29(35)33(19-21-6-10-24(31)11-7-21)17-16-23-18-32-28-5-3-2-4-27(23)28/h2-11,14-15,18,25,32H,12-13,16-17,19-20H2,1H3. The molecule has 0 saturated heterocycles. The van der Waals surface area contributed by atoms with E-state index >= 15 is 0 Å². The molecule has 1 heterocycles. The zero-order chi connectivity index (χ0) is 25.8. The first-order chi connectivity index (χ1) is 18.0. The first kappa shape index (κ1) is 24.6. The minimum atomic E-state index is -0.314. The van der Waals surface area contributed by atoms with E-state index < -0.39 is 0 Å². The van der Waals surface area contributed by atoms with Gasteiger partial charge in [-0.3, -0.25) is 9.59 Å². The Bertz CT molecular complexity index is 1380. The molecule has 1 N–H and O–H groups in total. The van der Waals surface area contributed by atoms with Crippen molar-refractivity contribution in [2.45, 2.75) is 31.8 Å². The number of carbonyl (C=O) groups excluding carboxylic acids is 2. The van der Waals surface area contributed by atoms with Crippen LogP contribution in [0, 0.1) is 5.82 Å². The van der Waals surface area contributed by atoms with E-state index in [-0.39, 0.29) is 30.2 Å². The van der Waals surface area contributed by atoms with Crippen LogP contribution in [-0.2, 0) is 17.8 Å². The molecule has 190 valence electrons. The van der Waals surface area contributed by atoms with Gasteiger partial charge in [0.2, 0.25) is 5.91 Å². The molecule has 37 heavy (non-hydrogen) atoms. The van der Waals surface area contributed by atoms with Crippen molar-refractivity contribution in [2.75, 3.05) is 20.2 Å². The first-order valence-corrected chi connectivity index (χ1v) is 12.5. The summed E-state index contributed by atoms with van der Waals surface area (Å²) in [5, 5.41) is 1.13. The van der Waals surface area contributed by atoms with Crippen LogP contribution in [0.2, 0.25) is 0 Å². The highest BCUT2D eigenvalue weighted by Gasteiger charge is 2.35. The maximum Gasteiger partial charge on any atom is 0.254 e. The van der Waals surface area contributed by atoms with Crippen LogP contribution in [0.3, 0.4) is 0 Å². The van der Waals surface area contributed by atoms with E-state index in [1.165, 1.54) is 12.1 Å². The molecule has 3 aromatic carbocycles. The first-order valence-electron chi connectivity index (χ1n) is 12.5. The second-order valence-corrected chi connectivity index (χ2v) is 9.44. The zero-order valence-electron chi connectivity index (χ0n) is 20.8. The smallest absolute Gasteiger partial charge is 0.254 e. The molecule has 4 aromatic rings. The third-order valence-corrected chi connectivity index (χ3v) is 6.86. The Morgan fingerprint density at radius 1 is 1.00 bits per heavy atom. The second-order valence-electron chi connectivity index (χ2n) is 9.44. The number of carbonyl (C=O) groups is 2. The maximum atomic E-state index is 13.6. The Balaban J connectivity index is 1.34. The summed E-state index contributed by atoms with van der Waals surface area (Å²) in [4.78, 5) is 33.7. The maximum absolute atomic E-state index is 13.6. The Labute approximate surface area is 215 Å². The minimum absolute atomic E-state index is 0.00457. The van der Waals surface area contributed by atoms with Crippen molar-refractivity contribution in [1.82, 2.24) is 14.8 Å². The Kier molecular flexibility index (Phi) is 7.21. The van der Waals surface area contributed by atoms with Gasteiger partial charge in [-0.15, -0.1) is 0 Å². The molecule has 0 radical (unpaired) electrons. The van der Waals surface area contributed by atoms with Crippen LogP contribution in [0.1, 0.15) is 34.3 Å². The summed E-state index contributed by atoms with van der Waals surface area (Å²) in [6.45, 7) is 0.828. The number of nitrogens with one attached hydrogen (secondary N) is 1. The quantitative estimate of drug-likeness (QED) is 0.327. The summed E-state index contributed by atoms with van der Waals surface area (Å²) in [6, 6.07) is 21.3. The third-order valence-electron chi connectivity index (χ3n) is 6.86. The van der Waals surface area contributed by atoms with Gasteiger partial charge < -0.3 is 19.5 Å². The number of aromatic nitrogens is 1. The van der Waals surface area contributed by atoms with E-state index in [9.17, 15) is 14.0 Å². The number of fused-ring (bicyclic) bond motifs is 1. The van der Waals surface area contributed by atoms with Gasteiger partial charge in [-0.25, -0.2) is 4.39 Å². The molecule has 1 saturated carbocycles. The van der Waals surface area contributed by atoms with Crippen LogP contribution in [-0.4, -0.2) is 52.8 Å². The Morgan fingerprint density at radius 3 is 2.43 bits per heavy atom. The lowest BCUT2D eigenvalue weighted by Crippen LogP contribution is -2.44. The number of nitrogens with zero attached hydrogens (tertiary/aromatic N) is 2. The monoisotopic (exact) mass is 499 g/mol. The second kappa shape index (κ2) is 10.9. The normalized spacial score (nSPS) is 12.9. The Hall–Kier alpha value is -4.13. The number of hydrogen-bond acceptors (Lipinski definition) is 3. The van der Waals surface area contributed by atoms with Crippen molar-refractivity contribution in [1.29, 1.82) is 0 Å². The topological polar surface area (TPSA) is 65.6 Å². The van der Waals surface area contributed by atoms with E-state index in [0.717, 1.165) is 34.9 Å². The largest absolute Gasteiger partial charge is 0.497 e. The van der Waals surface area contributed by atoms with Crippen molar-refractivity contribution < 1.29 is 18.7 Å². The van der Waals surface area contributed by atoms with Gasteiger partial charge in [0.1, 0.15) is 18.1 Å². The van der Waals surface area contributed by atoms with Crippen molar-refractivity contribution in [3.8, 4) is 5.75 Å². The van der Waals surface area contributed by atoms with Crippen molar-refractivity contribution in [3.05, 3.63) is 102 Å². The van der Waals surface area contributed by atoms with Gasteiger partial charge >= 0.3 is 0 Å². The molecular weight excluding hydrogens is 469 g/mol. The van der Waals surface area contributed by atoms with Gasteiger partial charge in [0.25, 0.3) is 5.91 Å². The fourth-order valence-electron chi connectivity index (χ4n) is 4.59. The molecule has 0 atom stereocenters. The number of ether oxygens (including phenoxy) is 1. The van der Waals surface area contributed by atoms with E-state index in [4.69, 9.17) is 4.74 Å². The summed E-state index contributed by atoms with van der Waals surface area (Å²) >= 11 is 0. The number of amides is 2. The average molecular weight is 500 g/mol. The van der Waals surface area contributed by atoms with Crippen molar-refractivity contribution in [3.63, 3.8) is 0 Å². The predicted octanol–water partition coefficient (Wildman–Crippen LogP) is 5.19. The van der Waals surface area contributed by atoms with E-state index in [1.807, 2.05) is 24.4 Å². The van der Waals surface area contributed by atoms with Crippen LogP contribution in [0.4, 0.5) is 4.39 Å². The van der Waals surface area contributed by atoms with Crippen LogP contribution < -0.4 is 4.74 Å². The molecule has 1 fully saturated rings. The molecule has 1 aromatic heterocycles. The molecule has 0 unspecified atom stereocenters. The fourth-order valence-corrected chi connectivity index (χ4v) is 4.59. The highest BCUT2D eigenvalue weighted by Crippen LogP contribution is 2.29. The van der Waals surface area contributed by atoms with Crippen LogP contribution in [0.5, 0.6) is 5.75 Å². The molecule has 1 aliphatic carbocycles. The molecule has 1 aliphatic rings. The summed E-state index contributed by atoms with van der Waals surface area (Å²) in [5.41, 5.74) is 3.55. The van der Waals surface area contributed by atoms with E-state index in [0.29, 0.717) is 30.8 Å². The summed E-state index contributed by atoms with van der Waals surface area (Å²) in [7, 11) is 1.58. The van der Waals surface area contributed by atoms with Gasteiger partial charge in [0.15, 0.2) is 0 Å². The van der Waals surface area contributed by atoms with Crippen LogP contribution >= 0.6 is 0 Å². The number of methoxy groups -OCH3 is 1. The summed E-state index contributed by atoms with van der Waals surface area (Å²) < 4.78 is 18.7. The van der Waals surface area contributed by atoms with Gasteiger partial charge in [0.05, 0.1) is 7.11 Å². The van der Waals surface area contributed by atoms with Crippen LogP contribution in [0.15, 0.2) is 79.0 Å². The van der Waals surface area contributed by atoms with Gasteiger partial charge in [-0.05, 0) is 72.9 Å². The lowest BCUT2D eigenvalue weighted by molar-refractivity contribution is -0.132. The zero-order valence-corrected chi connectivity index (χ0v) is 20.8. The number of aromatic amines is 1. The van der Waals surface area contributed by atoms with Gasteiger partial charge in [0, 0.05) is 41.8 Å². The SMILES string of the molecule is COc1ccc(C(=O)N(CC(=O)N(CCc2c[nH]c3ccccc23)Cc2ccc(F)cc2)C2CC2)cc1. The van der Waals surface area contributed by atoms with Gasteiger partial charge in [-0.1, -0.05) is 30.3 Å². The third kappa shape index (κ3) is 5.82. The number of benzene rings is 3. The van der Waals surface area contributed by atoms with Crippen LogP contribution in [0.25, 0.3) is 10.9 Å². The minimum Gasteiger partial charge on any atom is -0.497 e. The lowest BCUT2D eigenvalue weighted by atomic mass is 10.1. The average Bonchev–Trinajstić information content (AvgIpc) is 3.69. The molecule has 6 nitrogen and oxygen atoms in total.